The quantitative estimate of drug-likeness (QED) is 0.314. The Bertz CT molecular complexity index is 80.0. The van der Waals surface area contributed by atoms with Gasteiger partial charge in [-0.3, -0.25) is 0 Å². The molecule has 1 fully saturated rings. The van der Waals surface area contributed by atoms with E-state index in [4.69, 9.17) is 5.11 Å². The van der Waals surface area contributed by atoms with E-state index in [9.17, 15) is 0 Å². The van der Waals surface area contributed by atoms with Crippen molar-refractivity contribution >= 4 is 0 Å². The van der Waals surface area contributed by atoms with Crippen LogP contribution in [0.2, 0.25) is 0 Å². The number of aliphatic hydroxyl groups excluding tert-OH is 1. The van der Waals surface area contributed by atoms with Crippen molar-refractivity contribution < 1.29 is 14.6 Å². The van der Waals surface area contributed by atoms with Gasteiger partial charge in [-0.25, -0.2) is 0 Å². The SMILES string of the molecule is C#COCCO.C1CO1. The van der Waals surface area contributed by atoms with Crippen LogP contribution in [0.3, 0.4) is 0 Å². The Morgan fingerprint density at radius 2 is 2.22 bits per heavy atom. The van der Waals surface area contributed by atoms with Gasteiger partial charge in [-0.1, -0.05) is 6.42 Å². The highest BCUT2D eigenvalue weighted by Crippen LogP contribution is 1.84. The molecular formula is C6H10O3. The molecule has 9 heavy (non-hydrogen) atoms. The van der Waals surface area contributed by atoms with E-state index in [0.29, 0.717) is 0 Å². The molecule has 1 aliphatic rings. The summed E-state index contributed by atoms with van der Waals surface area (Å²) in [5.74, 6) is 0. The lowest BCUT2D eigenvalue weighted by molar-refractivity contribution is 0.181. The van der Waals surface area contributed by atoms with Crippen molar-refractivity contribution in [2.45, 2.75) is 0 Å². The topological polar surface area (TPSA) is 42.0 Å². The summed E-state index contributed by atoms with van der Waals surface area (Å²) in [5, 5.41) is 7.98. The van der Waals surface area contributed by atoms with E-state index in [2.05, 4.69) is 15.9 Å². The van der Waals surface area contributed by atoms with E-state index >= 15 is 0 Å². The van der Waals surface area contributed by atoms with Gasteiger partial charge in [0.1, 0.15) is 12.7 Å². The lowest BCUT2D eigenvalue weighted by atomic mass is 10.8. The zero-order valence-electron chi connectivity index (χ0n) is 5.17. The Kier molecular flexibility index (Phi) is 6.70. The molecule has 0 spiro atoms. The van der Waals surface area contributed by atoms with Gasteiger partial charge in [0.05, 0.1) is 19.8 Å². The molecule has 0 atom stereocenters. The predicted molar refractivity (Wildman–Crippen MR) is 32.7 cm³/mol. The van der Waals surface area contributed by atoms with Gasteiger partial charge in [0.15, 0.2) is 0 Å². The van der Waals surface area contributed by atoms with E-state index in [1.165, 1.54) is 0 Å². The molecule has 1 heterocycles. The lowest BCUT2D eigenvalue weighted by Gasteiger charge is -1.86. The smallest absolute Gasteiger partial charge is 0.123 e. The molecule has 0 aliphatic carbocycles. The van der Waals surface area contributed by atoms with Crippen molar-refractivity contribution in [3.05, 3.63) is 0 Å². The van der Waals surface area contributed by atoms with Crippen LogP contribution < -0.4 is 0 Å². The maximum atomic E-state index is 7.98. The number of terminal acetylenes is 1. The lowest BCUT2D eigenvalue weighted by Crippen LogP contribution is -1.91. The second-order valence-electron chi connectivity index (χ2n) is 1.30. The number of hydrogen-bond acceptors (Lipinski definition) is 3. The first-order chi connectivity index (χ1) is 4.41. The molecule has 1 rings (SSSR count). The maximum absolute atomic E-state index is 7.98. The van der Waals surface area contributed by atoms with E-state index in [1.807, 2.05) is 6.11 Å². The number of hydrogen-bond donors (Lipinski definition) is 1. The van der Waals surface area contributed by atoms with Crippen LogP contribution in [0.25, 0.3) is 0 Å². The number of epoxide rings is 1. The normalized spacial score (nSPS) is 12.4. The van der Waals surface area contributed by atoms with Crippen LogP contribution in [-0.2, 0) is 9.47 Å². The van der Waals surface area contributed by atoms with Crippen LogP contribution in [0, 0.1) is 12.5 Å². The van der Waals surface area contributed by atoms with Crippen molar-refractivity contribution in [1.82, 2.24) is 0 Å². The highest BCUT2D eigenvalue weighted by atomic mass is 16.6. The summed E-state index contributed by atoms with van der Waals surface area (Å²) in [7, 11) is 0. The van der Waals surface area contributed by atoms with Crippen molar-refractivity contribution in [1.29, 1.82) is 0 Å². The molecule has 0 unspecified atom stereocenters. The molecule has 1 saturated heterocycles. The average Bonchev–Trinajstić information content (AvgIpc) is 2.67. The third-order valence-corrected chi connectivity index (χ3v) is 0.481. The zero-order valence-corrected chi connectivity index (χ0v) is 5.17. The second-order valence-corrected chi connectivity index (χ2v) is 1.30. The van der Waals surface area contributed by atoms with Crippen LogP contribution >= 0.6 is 0 Å². The van der Waals surface area contributed by atoms with Crippen LogP contribution in [0.1, 0.15) is 0 Å². The molecule has 1 N–H and O–H groups in total. The maximum Gasteiger partial charge on any atom is 0.123 e. The van der Waals surface area contributed by atoms with Gasteiger partial charge in [-0.2, -0.15) is 0 Å². The van der Waals surface area contributed by atoms with Gasteiger partial charge >= 0.3 is 0 Å². The van der Waals surface area contributed by atoms with Gasteiger partial charge in [-0.05, 0) is 0 Å². The minimum absolute atomic E-state index is 0.00972. The van der Waals surface area contributed by atoms with Crippen LogP contribution in [0.5, 0.6) is 0 Å². The first kappa shape index (κ1) is 8.28. The summed E-state index contributed by atoms with van der Waals surface area (Å²) in [5.41, 5.74) is 0. The van der Waals surface area contributed by atoms with Crippen molar-refractivity contribution in [3.63, 3.8) is 0 Å². The van der Waals surface area contributed by atoms with Crippen LogP contribution in [0.15, 0.2) is 0 Å². The minimum Gasteiger partial charge on any atom is -0.444 e. The summed E-state index contributed by atoms with van der Waals surface area (Å²) < 4.78 is 8.76. The Labute approximate surface area is 54.6 Å². The fourth-order valence-corrected chi connectivity index (χ4v) is 0.105. The third-order valence-electron chi connectivity index (χ3n) is 0.481. The second kappa shape index (κ2) is 7.28. The minimum atomic E-state index is -0.00972. The largest absolute Gasteiger partial charge is 0.444 e. The van der Waals surface area contributed by atoms with Crippen molar-refractivity contribution in [3.8, 4) is 12.5 Å². The average molecular weight is 130 g/mol. The Balaban J connectivity index is 0.000000173. The van der Waals surface area contributed by atoms with Crippen molar-refractivity contribution in [2.75, 3.05) is 26.4 Å². The molecular weight excluding hydrogens is 120 g/mol. The van der Waals surface area contributed by atoms with E-state index in [-0.39, 0.29) is 13.2 Å². The number of rotatable bonds is 2. The first-order valence-electron chi connectivity index (χ1n) is 2.68. The summed E-state index contributed by atoms with van der Waals surface area (Å²) in [6, 6.07) is 0. The summed E-state index contributed by atoms with van der Waals surface area (Å²) in [4.78, 5) is 0. The first-order valence-corrected chi connectivity index (χ1v) is 2.68. The Morgan fingerprint density at radius 3 is 2.33 bits per heavy atom. The van der Waals surface area contributed by atoms with Crippen molar-refractivity contribution in [2.24, 2.45) is 0 Å². The Hall–Kier alpha value is -0.720. The van der Waals surface area contributed by atoms with E-state index < -0.39 is 0 Å². The van der Waals surface area contributed by atoms with Gasteiger partial charge in [0, 0.05) is 0 Å². The number of ether oxygens (including phenoxy) is 2. The van der Waals surface area contributed by atoms with E-state index in [1.54, 1.807) is 0 Å². The molecule has 0 aromatic carbocycles. The molecule has 0 aromatic rings. The monoisotopic (exact) mass is 130 g/mol. The van der Waals surface area contributed by atoms with Gasteiger partial charge in [0.25, 0.3) is 0 Å². The third kappa shape index (κ3) is 18.9. The van der Waals surface area contributed by atoms with Gasteiger partial charge in [-0.15, -0.1) is 0 Å². The molecule has 0 aromatic heterocycles. The molecule has 52 valence electrons. The zero-order chi connectivity index (χ0) is 6.95. The standard InChI is InChI=1S/C4H6O2.C2H4O/c1-2-6-4-3-5;1-2-3-1/h1,5H,3-4H2;1-2H2. The summed E-state index contributed by atoms with van der Waals surface area (Å²) in [6.07, 6.45) is 6.54. The molecule has 0 bridgehead atoms. The fraction of sp³-hybridized carbons (Fsp3) is 0.667. The van der Waals surface area contributed by atoms with Gasteiger partial charge < -0.3 is 14.6 Å². The summed E-state index contributed by atoms with van der Waals surface area (Å²) in [6.45, 7) is 2.22. The molecule has 3 heteroatoms. The number of aliphatic hydroxyl groups is 1. The summed E-state index contributed by atoms with van der Waals surface area (Å²) >= 11 is 0. The predicted octanol–water partition coefficient (Wildman–Crippen LogP) is -0.397. The highest BCUT2D eigenvalue weighted by Gasteiger charge is 1.94. The van der Waals surface area contributed by atoms with E-state index in [0.717, 1.165) is 13.2 Å². The molecule has 0 amide bonds. The fourth-order valence-electron chi connectivity index (χ4n) is 0.105. The molecule has 0 radical (unpaired) electrons. The molecule has 3 nitrogen and oxygen atoms in total. The highest BCUT2D eigenvalue weighted by molar-refractivity contribution is 4.67. The Morgan fingerprint density at radius 1 is 1.67 bits per heavy atom. The molecule has 0 saturated carbocycles. The molecule has 1 aliphatic heterocycles. The van der Waals surface area contributed by atoms with Crippen LogP contribution in [-0.4, -0.2) is 31.5 Å². The van der Waals surface area contributed by atoms with Gasteiger partial charge in [0.2, 0.25) is 0 Å². The van der Waals surface area contributed by atoms with Crippen LogP contribution in [0.4, 0.5) is 0 Å².